The molecule has 1 atom stereocenters. The van der Waals surface area contributed by atoms with Crippen molar-refractivity contribution in [1.82, 2.24) is 10.2 Å². The Morgan fingerprint density at radius 1 is 1.50 bits per heavy atom. The van der Waals surface area contributed by atoms with Crippen LogP contribution in [0.1, 0.15) is 5.56 Å². The van der Waals surface area contributed by atoms with Crippen molar-refractivity contribution in [3.05, 3.63) is 35.6 Å². The van der Waals surface area contributed by atoms with Crippen LogP contribution in [-0.4, -0.2) is 41.7 Å². The van der Waals surface area contributed by atoms with Crippen molar-refractivity contribution in [2.24, 2.45) is 0 Å². The number of carbonyl (C=O) groups is 1. The van der Waals surface area contributed by atoms with E-state index in [1.807, 2.05) is 0 Å². The Morgan fingerprint density at radius 3 is 2.89 bits per heavy atom. The van der Waals surface area contributed by atoms with E-state index in [9.17, 15) is 9.18 Å². The molecule has 4 nitrogen and oxygen atoms in total. The van der Waals surface area contributed by atoms with Gasteiger partial charge < -0.3 is 10.4 Å². The summed E-state index contributed by atoms with van der Waals surface area (Å²) in [4.78, 5) is 12.9. The number of nitrogens with one attached hydrogen (secondary N) is 1. The van der Waals surface area contributed by atoms with Crippen LogP contribution in [-0.2, 0) is 11.3 Å². The summed E-state index contributed by atoms with van der Waals surface area (Å²) in [5.41, 5.74) is 0.542. The molecule has 0 radical (unpaired) electrons. The van der Waals surface area contributed by atoms with Gasteiger partial charge in [-0.15, -0.1) is 12.4 Å². The Hall–Kier alpha value is -1.17. The largest absolute Gasteiger partial charge is 0.480 e. The van der Waals surface area contributed by atoms with E-state index >= 15 is 0 Å². The lowest BCUT2D eigenvalue weighted by molar-refractivity contribution is -0.144. The third-order valence-corrected chi connectivity index (χ3v) is 2.97. The minimum absolute atomic E-state index is 0. The normalized spacial score (nSPS) is 20.2. The van der Waals surface area contributed by atoms with E-state index in [-0.39, 0.29) is 18.2 Å². The Morgan fingerprint density at radius 2 is 2.22 bits per heavy atom. The molecule has 6 heteroatoms. The zero-order valence-corrected chi connectivity index (χ0v) is 10.6. The fourth-order valence-electron chi connectivity index (χ4n) is 2.02. The van der Waals surface area contributed by atoms with Crippen molar-refractivity contribution in [2.45, 2.75) is 12.6 Å². The monoisotopic (exact) mass is 274 g/mol. The lowest BCUT2D eigenvalue weighted by Gasteiger charge is -2.33. The molecule has 1 saturated heterocycles. The Balaban J connectivity index is 0.00000162. The second-order valence-corrected chi connectivity index (χ2v) is 4.12. The summed E-state index contributed by atoms with van der Waals surface area (Å²) in [6.07, 6.45) is 0. The summed E-state index contributed by atoms with van der Waals surface area (Å²) in [6.45, 7) is 2.10. The molecule has 0 aliphatic carbocycles. The van der Waals surface area contributed by atoms with E-state index in [2.05, 4.69) is 5.32 Å². The highest BCUT2D eigenvalue weighted by molar-refractivity contribution is 5.85. The summed E-state index contributed by atoms with van der Waals surface area (Å²) in [7, 11) is 0. The second kappa shape index (κ2) is 6.68. The third kappa shape index (κ3) is 3.41. The highest BCUT2D eigenvalue weighted by Crippen LogP contribution is 2.13. The molecule has 100 valence electrons. The van der Waals surface area contributed by atoms with E-state index in [4.69, 9.17) is 5.11 Å². The van der Waals surface area contributed by atoms with Gasteiger partial charge in [0.15, 0.2) is 0 Å². The number of halogens is 2. The van der Waals surface area contributed by atoms with E-state index in [0.717, 1.165) is 6.54 Å². The molecule has 18 heavy (non-hydrogen) atoms. The van der Waals surface area contributed by atoms with Gasteiger partial charge in [-0.25, -0.2) is 4.39 Å². The fourth-order valence-corrected chi connectivity index (χ4v) is 2.02. The van der Waals surface area contributed by atoms with E-state index in [1.165, 1.54) is 6.07 Å². The first-order valence-corrected chi connectivity index (χ1v) is 5.59. The van der Waals surface area contributed by atoms with Crippen molar-refractivity contribution in [1.29, 1.82) is 0 Å². The number of aliphatic carboxylic acids is 1. The van der Waals surface area contributed by atoms with Crippen molar-refractivity contribution < 1.29 is 14.3 Å². The highest BCUT2D eigenvalue weighted by atomic mass is 35.5. The van der Waals surface area contributed by atoms with Gasteiger partial charge in [-0.3, -0.25) is 9.69 Å². The first-order valence-electron chi connectivity index (χ1n) is 5.59. The van der Waals surface area contributed by atoms with Crippen LogP contribution >= 0.6 is 12.4 Å². The third-order valence-electron chi connectivity index (χ3n) is 2.97. The summed E-state index contributed by atoms with van der Waals surface area (Å²) >= 11 is 0. The maximum atomic E-state index is 13.5. The van der Waals surface area contributed by atoms with Crippen LogP contribution in [0.5, 0.6) is 0 Å². The highest BCUT2D eigenvalue weighted by Gasteiger charge is 2.28. The van der Waals surface area contributed by atoms with Gasteiger partial charge in [0.2, 0.25) is 0 Å². The predicted molar refractivity (Wildman–Crippen MR) is 68.4 cm³/mol. The van der Waals surface area contributed by atoms with Gasteiger partial charge in [0.05, 0.1) is 0 Å². The van der Waals surface area contributed by atoms with Gasteiger partial charge in [-0.1, -0.05) is 18.2 Å². The molecule has 1 unspecified atom stereocenters. The molecule has 2 N–H and O–H groups in total. The van der Waals surface area contributed by atoms with Crippen LogP contribution in [0.4, 0.5) is 4.39 Å². The molecule has 0 aromatic heterocycles. The summed E-state index contributed by atoms with van der Waals surface area (Å²) in [5.74, 6) is -1.15. The Kier molecular flexibility index (Phi) is 5.53. The first kappa shape index (κ1) is 14.9. The number of rotatable bonds is 3. The molecule has 1 fully saturated rings. The quantitative estimate of drug-likeness (QED) is 0.867. The summed E-state index contributed by atoms with van der Waals surface area (Å²) in [6, 6.07) is 5.90. The SMILES string of the molecule is Cl.O=C(O)C1CNCCN1Cc1ccccc1F. The van der Waals surface area contributed by atoms with Gasteiger partial charge in [-0.2, -0.15) is 0 Å². The van der Waals surface area contributed by atoms with Crippen molar-refractivity contribution >= 4 is 18.4 Å². The Labute approximate surface area is 111 Å². The van der Waals surface area contributed by atoms with Gasteiger partial charge >= 0.3 is 5.97 Å². The summed E-state index contributed by atoms with van der Waals surface area (Å²) < 4.78 is 13.5. The number of hydrogen-bond acceptors (Lipinski definition) is 3. The molecule has 1 aromatic carbocycles. The number of hydrogen-bond donors (Lipinski definition) is 2. The molecule has 1 aliphatic heterocycles. The molecule has 1 heterocycles. The maximum Gasteiger partial charge on any atom is 0.322 e. The molecule has 0 saturated carbocycles. The smallest absolute Gasteiger partial charge is 0.322 e. The molecule has 0 bridgehead atoms. The first-order chi connectivity index (χ1) is 8.18. The zero-order valence-electron chi connectivity index (χ0n) is 9.80. The van der Waals surface area contributed by atoms with Crippen LogP contribution in [0.3, 0.4) is 0 Å². The van der Waals surface area contributed by atoms with E-state index in [0.29, 0.717) is 25.2 Å². The van der Waals surface area contributed by atoms with Gasteiger partial charge in [0, 0.05) is 31.7 Å². The predicted octanol–water partition coefficient (Wildman–Crippen LogP) is 1.11. The number of carboxylic acid groups (broad SMARTS) is 1. The van der Waals surface area contributed by atoms with E-state index < -0.39 is 12.0 Å². The molecular formula is C12H16ClFN2O2. The number of benzene rings is 1. The van der Waals surface area contributed by atoms with Crippen LogP contribution < -0.4 is 5.32 Å². The number of piperazine rings is 1. The number of nitrogens with zero attached hydrogens (tertiary/aromatic N) is 1. The molecule has 0 amide bonds. The van der Waals surface area contributed by atoms with Crippen molar-refractivity contribution in [3.8, 4) is 0 Å². The summed E-state index contributed by atoms with van der Waals surface area (Å²) in [5, 5.41) is 12.1. The molecule has 1 aromatic rings. The molecule has 1 aliphatic rings. The zero-order chi connectivity index (χ0) is 12.3. The van der Waals surface area contributed by atoms with Crippen molar-refractivity contribution in [2.75, 3.05) is 19.6 Å². The van der Waals surface area contributed by atoms with Gasteiger partial charge in [0.1, 0.15) is 11.9 Å². The Bertz CT molecular complexity index is 417. The van der Waals surface area contributed by atoms with Crippen LogP contribution in [0.25, 0.3) is 0 Å². The van der Waals surface area contributed by atoms with Gasteiger partial charge in [0.25, 0.3) is 0 Å². The number of carboxylic acids is 1. The van der Waals surface area contributed by atoms with Crippen LogP contribution in [0, 0.1) is 5.82 Å². The second-order valence-electron chi connectivity index (χ2n) is 4.12. The van der Waals surface area contributed by atoms with Crippen LogP contribution in [0.2, 0.25) is 0 Å². The average molecular weight is 275 g/mol. The average Bonchev–Trinajstić information content (AvgIpc) is 2.32. The van der Waals surface area contributed by atoms with Crippen LogP contribution in [0.15, 0.2) is 24.3 Å². The molecule has 0 spiro atoms. The van der Waals surface area contributed by atoms with Crippen molar-refractivity contribution in [3.63, 3.8) is 0 Å². The minimum Gasteiger partial charge on any atom is -0.480 e. The molecular weight excluding hydrogens is 259 g/mol. The topological polar surface area (TPSA) is 52.6 Å². The van der Waals surface area contributed by atoms with Gasteiger partial charge in [-0.05, 0) is 6.07 Å². The lowest BCUT2D eigenvalue weighted by Crippen LogP contribution is -2.54. The van der Waals surface area contributed by atoms with E-state index in [1.54, 1.807) is 23.1 Å². The fraction of sp³-hybridized carbons (Fsp3) is 0.417. The maximum absolute atomic E-state index is 13.5. The standard InChI is InChI=1S/C12H15FN2O2.ClH/c13-10-4-2-1-3-9(10)8-15-6-5-14-7-11(15)12(16)17;/h1-4,11,14H,5-8H2,(H,16,17);1H. The lowest BCUT2D eigenvalue weighted by atomic mass is 10.1. The molecule has 2 rings (SSSR count). The minimum atomic E-state index is -0.867.